The maximum Gasteiger partial charge on any atom is 0.338 e. The largest absolute Gasteiger partial charge is 0.465 e. The lowest BCUT2D eigenvalue weighted by Gasteiger charge is -2.11. The van der Waals surface area contributed by atoms with Crippen LogP contribution in [-0.2, 0) is 11.2 Å². The SMILES string of the molecule is COC(=O)c1c(Cc2ccccc2)cnc2ccccc12. The number of rotatable bonds is 3. The molecule has 0 bridgehead atoms. The number of aromatic nitrogens is 1. The third kappa shape index (κ3) is 2.63. The summed E-state index contributed by atoms with van der Waals surface area (Å²) >= 11 is 0. The Morgan fingerprint density at radius 3 is 2.52 bits per heavy atom. The van der Waals surface area contributed by atoms with Crippen LogP contribution in [0.15, 0.2) is 60.8 Å². The normalized spacial score (nSPS) is 10.5. The van der Waals surface area contributed by atoms with Gasteiger partial charge in [-0.3, -0.25) is 4.98 Å². The minimum Gasteiger partial charge on any atom is -0.465 e. The number of nitrogens with zero attached hydrogens (tertiary/aromatic N) is 1. The average Bonchev–Trinajstić information content (AvgIpc) is 2.55. The van der Waals surface area contributed by atoms with Crippen LogP contribution in [0.4, 0.5) is 0 Å². The van der Waals surface area contributed by atoms with Crippen LogP contribution in [-0.4, -0.2) is 18.1 Å². The van der Waals surface area contributed by atoms with Gasteiger partial charge in [-0.1, -0.05) is 48.5 Å². The van der Waals surface area contributed by atoms with Gasteiger partial charge < -0.3 is 4.74 Å². The Morgan fingerprint density at radius 1 is 1.05 bits per heavy atom. The van der Waals surface area contributed by atoms with E-state index in [0.717, 1.165) is 22.0 Å². The average molecular weight is 277 g/mol. The Labute approximate surface area is 123 Å². The van der Waals surface area contributed by atoms with E-state index in [1.54, 1.807) is 6.20 Å². The third-order valence-electron chi connectivity index (χ3n) is 3.48. The van der Waals surface area contributed by atoms with Gasteiger partial charge in [0.25, 0.3) is 0 Å². The first-order valence-corrected chi connectivity index (χ1v) is 6.78. The highest BCUT2D eigenvalue weighted by Crippen LogP contribution is 2.23. The molecule has 0 aliphatic heterocycles. The zero-order valence-corrected chi connectivity index (χ0v) is 11.7. The van der Waals surface area contributed by atoms with Crippen LogP contribution in [0.5, 0.6) is 0 Å². The number of benzene rings is 2. The molecular formula is C18H15NO2. The zero-order chi connectivity index (χ0) is 14.7. The molecular weight excluding hydrogens is 262 g/mol. The second-order valence-electron chi connectivity index (χ2n) is 4.83. The number of carbonyl (C=O) groups is 1. The topological polar surface area (TPSA) is 39.2 Å². The van der Waals surface area contributed by atoms with Crippen LogP contribution in [0, 0.1) is 0 Å². The standard InChI is InChI=1S/C18H15NO2/c1-21-18(20)17-14(11-13-7-3-2-4-8-13)12-19-16-10-6-5-9-15(16)17/h2-10,12H,11H2,1H3. The third-order valence-corrected chi connectivity index (χ3v) is 3.48. The minimum atomic E-state index is -0.320. The van der Waals surface area contributed by atoms with Crippen molar-refractivity contribution < 1.29 is 9.53 Å². The lowest BCUT2D eigenvalue weighted by atomic mass is 9.98. The van der Waals surface area contributed by atoms with Crippen molar-refractivity contribution in [2.75, 3.05) is 7.11 Å². The fourth-order valence-electron chi connectivity index (χ4n) is 2.48. The quantitative estimate of drug-likeness (QED) is 0.686. The molecule has 2 aromatic carbocycles. The lowest BCUT2D eigenvalue weighted by molar-refractivity contribution is 0.0602. The Balaban J connectivity index is 2.15. The molecule has 0 spiro atoms. The van der Waals surface area contributed by atoms with Gasteiger partial charge in [0.15, 0.2) is 0 Å². The molecule has 0 saturated carbocycles. The fourth-order valence-corrected chi connectivity index (χ4v) is 2.48. The number of carbonyl (C=O) groups excluding carboxylic acids is 1. The molecule has 3 heteroatoms. The van der Waals surface area contributed by atoms with E-state index in [1.165, 1.54) is 7.11 Å². The molecule has 3 aromatic rings. The number of methoxy groups -OCH3 is 1. The molecule has 0 unspecified atom stereocenters. The summed E-state index contributed by atoms with van der Waals surface area (Å²) < 4.78 is 4.96. The summed E-state index contributed by atoms with van der Waals surface area (Å²) in [6.45, 7) is 0. The van der Waals surface area contributed by atoms with Gasteiger partial charge in [0.1, 0.15) is 0 Å². The van der Waals surface area contributed by atoms with Crippen molar-refractivity contribution in [3.63, 3.8) is 0 Å². The van der Waals surface area contributed by atoms with E-state index in [-0.39, 0.29) is 5.97 Å². The van der Waals surface area contributed by atoms with Gasteiger partial charge in [-0.25, -0.2) is 4.79 Å². The highest BCUT2D eigenvalue weighted by atomic mass is 16.5. The van der Waals surface area contributed by atoms with Gasteiger partial charge in [-0.2, -0.15) is 0 Å². The van der Waals surface area contributed by atoms with E-state index in [1.807, 2.05) is 54.6 Å². The number of hydrogen-bond acceptors (Lipinski definition) is 3. The first-order chi connectivity index (χ1) is 10.3. The first kappa shape index (κ1) is 13.3. The molecule has 0 amide bonds. The van der Waals surface area contributed by atoms with Crippen LogP contribution in [0.3, 0.4) is 0 Å². The predicted octanol–water partition coefficient (Wildman–Crippen LogP) is 3.61. The highest BCUT2D eigenvalue weighted by molar-refractivity contribution is 6.04. The van der Waals surface area contributed by atoms with Crippen molar-refractivity contribution in [1.29, 1.82) is 0 Å². The molecule has 21 heavy (non-hydrogen) atoms. The number of hydrogen-bond donors (Lipinski definition) is 0. The highest BCUT2D eigenvalue weighted by Gasteiger charge is 2.16. The second-order valence-corrected chi connectivity index (χ2v) is 4.83. The van der Waals surface area contributed by atoms with Gasteiger partial charge >= 0.3 is 5.97 Å². The van der Waals surface area contributed by atoms with Crippen molar-refractivity contribution in [3.05, 3.63) is 77.5 Å². The molecule has 0 aliphatic rings. The Morgan fingerprint density at radius 2 is 1.76 bits per heavy atom. The fraction of sp³-hybridized carbons (Fsp3) is 0.111. The van der Waals surface area contributed by atoms with Crippen LogP contribution >= 0.6 is 0 Å². The predicted molar refractivity (Wildman–Crippen MR) is 82.3 cm³/mol. The number of pyridine rings is 1. The van der Waals surface area contributed by atoms with Crippen LogP contribution in [0.2, 0.25) is 0 Å². The van der Waals surface area contributed by atoms with Crippen LogP contribution in [0.25, 0.3) is 10.9 Å². The van der Waals surface area contributed by atoms with E-state index in [0.29, 0.717) is 12.0 Å². The molecule has 0 aliphatic carbocycles. The van der Waals surface area contributed by atoms with E-state index in [4.69, 9.17) is 4.74 Å². The van der Waals surface area contributed by atoms with Gasteiger partial charge in [0.2, 0.25) is 0 Å². The summed E-state index contributed by atoms with van der Waals surface area (Å²) in [6.07, 6.45) is 2.42. The van der Waals surface area contributed by atoms with Crippen molar-refractivity contribution in [3.8, 4) is 0 Å². The Bertz CT molecular complexity index is 782. The molecule has 0 fully saturated rings. The van der Waals surface area contributed by atoms with E-state index in [2.05, 4.69) is 4.98 Å². The summed E-state index contributed by atoms with van der Waals surface area (Å²) in [7, 11) is 1.41. The summed E-state index contributed by atoms with van der Waals surface area (Å²) in [5.41, 5.74) is 3.42. The smallest absolute Gasteiger partial charge is 0.338 e. The minimum absolute atomic E-state index is 0.320. The van der Waals surface area contributed by atoms with Gasteiger partial charge in [0, 0.05) is 11.6 Å². The van der Waals surface area contributed by atoms with Gasteiger partial charge in [-0.15, -0.1) is 0 Å². The Hall–Kier alpha value is -2.68. The summed E-state index contributed by atoms with van der Waals surface area (Å²) in [5.74, 6) is -0.320. The summed E-state index contributed by atoms with van der Waals surface area (Å²) in [4.78, 5) is 16.6. The monoisotopic (exact) mass is 277 g/mol. The second kappa shape index (κ2) is 5.75. The first-order valence-electron chi connectivity index (χ1n) is 6.78. The number of fused-ring (bicyclic) bond motifs is 1. The number of esters is 1. The van der Waals surface area contributed by atoms with E-state index in [9.17, 15) is 4.79 Å². The van der Waals surface area contributed by atoms with E-state index < -0.39 is 0 Å². The van der Waals surface area contributed by atoms with Gasteiger partial charge in [-0.05, 0) is 23.6 Å². The van der Waals surface area contributed by atoms with Crippen molar-refractivity contribution >= 4 is 16.9 Å². The molecule has 0 radical (unpaired) electrons. The molecule has 0 saturated heterocycles. The maximum absolute atomic E-state index is 12.2. The number of para-hydroxylation sites is 1. The zero-order valence-electron chi connectivity index (χ0n) is 11.7. The van der Waals surface area contributed by atoms with Gasteiger partial charge in [0.05, 0.1) is 18.2 Å². The molecule has 104 valence electrons. The van der Waals surface area contributed by atoms with Crippen molar-refractivity contribution in [2.45, 2.75) is 6.42 Å². The molecule has 3 rings (SSSR count). The Kier molecular flexibility index (Phi) is 3.65. The summed E-state index contributed by atoms with van der Waals surface area (Å²) in [6, 6.07) is 17.6. The molecule has 0 atom stereocenters. The lowest BCUT2D eigenvalue weighted by Crippen LogP contribution is -2.08. The van der Waals surface area contributed by atoms with Crippen molar-refractivity contribution in [1.82, 2.24) is 4.98 Å². The van der Waals surface area contributed by atoms with Crippen LogP contribution < -0.4 is 0 Å². The maximum atomic E-state index is 12.2. The molecule has 3 nitrogen and oxygen atoms in total. The number of ether oxygens (including phenoxy) is 1. The van der Waals surface area contributed by atoms with E-state index >= 15 is 0 Å². The molecule has 1 heterocycles. The summed E-state index contributed by atoms with van der Waals surface area (Å²) in [5, 5.41) is 0.831. The molecule has 0 N–H and O–H groups in total. The van der Waals surface area contributed by atoms with Crippen molar-refractivity contribution in [2.24, 2.45) is 0 Å². The van der Waals surface area contributed by atoms with Crippen LogP contribution in [0.1, 0.15) is 21.5 Å². The molecule has 1 aromatic heterocycles.